The van der Waals surface area contributed by atoms with Crippen LogP contribution in [0.5, 0.6) is 0 Å². The van der Waals surface area contributed by atoms with Crippen molar-refractivity contribution in [3.05, 3.63) is 90.1 Å². The van der Waals surface area contributed by atoms with Gasteiger partial charge in [-0.25, -0.2) is 9.97 Å². The molecule has 1 amide bonds. The number of pyridine rings is 2. The molecule has 0 radical (unpaired) electrons. The zero-order chi connectivity index (χ0) is 17.9. The number of carbonyl (C=O) groups excluding carboxylic acids is 1. The molecule has 2 aromatic carbocycles. The predicted molar refractivity (Wildman–Crippen MR) is 104 cm³/mol. The van der Waals surface area contributed by atoms with Gasteiger partial charge in [-0.2, -0.15) is 0 Å². The van der Waals surface area contributed by atoms with E-state index in [1.54, 1.807) is 6.20 Å². The lowest BCUT2D eigenvalue weighted by molar-refractivity contribution is 0.102. The minimum atomic E-state index is -0.189. The highest BCUT2D eigenvalue weighted by Crippen LogP contribution is 2.25. The van der Waals surface area contributed by atoms with Gasteiger partial charge in [0.2, 0.25) is 0 Å². The Balaban J connectivity index is 1.81. The van der Waals surface area contributed by atoms with Crippen molar-refractivity contribution in [3.8, 4) is 11.3 Å². The van der Waals surface area contributed by atoms with Crippen LogP contribution in [-0.2, 0) is 0 Å². The van der Waals surface area contributed by atoms with Gasteiger partial charge in [-0.1, -0.05) is 48.0 Å². The zero-order valence-corrected chi connectivity index (χ0v) is 14.3. The molecule has 0 atom stereocenters. The van der Waals surface area contributed by atoms with Crippen LogP contribution in [0.4, 0.5) is 5.69 Å². The maximum Gasteiger partial charge on any atom is 0.257 e. The summed E-state index contributed by atoms with van der Waals surface area (Å²) in [5.41, 5.74) is 4.56. The van der Waals surface area contributed by atoms with Gasteiger partial charge in [0.1, 0.15) is 0 Å². The van der Waals surface area contributed by atoms with E-state index in [-0.39, 0.29) is 5.91 Å². The molecule has 26 heavy (non-hydrogen) atoms. The normalized spacial score (nSPS) is 10.7. The lowest BCUT2D eigenvalue weighted by atomic mass is 10.0. The molecular formula is C22H17N3O. The van der Waals surface area contributed by atoms with E-state index in [4.69, 9.17) is 0 Å². The van der Waals surface area contributed by atoms with E-state index < -0.39 is 0 Å². The van der Waals surface area contributed by atoms with Crippen LogP contribution >= 0.6 is 0 Å². The van der Waals surface area contributed by atoms with Gasteiger partial charge >= 0.3 is 0 Å². The number of hydrogen-bond acceptors (Lipinski definition) is 3. The second-order valence-electron chi connectivity index (χ2n) is 6.12. The molecule has 0 saturated carbocycles. The summed E-state index contributed by atoms with van der Waals surface area (Å²) in [6.45, 7) is 2.01. The summed E-state index contributed by atoms with van der Waals surface area (Å²) in [7, 11) is 0. The predicted octanol–water partition coefficient (Wildman–Crippen LogP) is 4.86. The summed E-state index contributed by atoms with van der Waals surface area (Å²) in [6, 6.07) is 23.0. The molecule has 1 N–H and O–H groups in total. The summed E-state index contributed by atoms with van der Waals surface area (Å²) >= 11 is 0. The number of nitrogens with one attached hydrogen (secondary N) is 1. The Morgan fingerprint density at radius 1 is 0.923 bits per heavy atom. The third-order valence-electron chi connectivity index (χ3n) is 4.19. The number of hydrogen-bond donors (Lipinski definition) is 1. The number of aromatic nitrogens is 2. The fraction of sp³-hybridized carbons (Fsp3) is 0.0455. The molecule has 0 aliphatic heterocycles. The third-order valence-corrected chi connectivity index (χ3v) is 4.19. The number of carbonyl (C=O) groups is 1. The van der Waals surface area contributed by atoms with Gasteiger partial charge in [0, 0.05) is 22.8 Å². The molecule has 126 valence electrons. The Kier molecular flexibility index (Phi) is 4.15. The largest absolute Gasteiger partial charge is 0.322 e. The van der Waals surface area contributed by atoms with E-state index in [0.717, 1.165) is 22.2 Å². The van der Waals surface area contributed by atoms with Crippen LogP contribution in [0, 0.1) is 6.92 Å². The minimum absolute atomic E-state index is 0.189. The van der Waals surface area contributed by atoms with Gasteiger partial charge in [0.05, 0.1) is 11.3 Å². The summed E-state index contributed by atoms with van der Waals surface area (Å²) in [6.07, 6.45) is 1.70. The van der Waals surface area contributed by atoms with Crippen molar-refractivity contribution in [3.63, 3.8) is 0 Å². The molecule has 0 fully saturated rings. The number of benzene rings is 2. The van der Waals surface area contributed by atoms with Crippen LogP contribution in [0.3, 0.4) is 0 Å². The maximum atomic E-state index is 13.0. The smallest absolute Gasteiger partial charge is 0.257 e. The first-order chi connectivity index (χ1) is 12.7. The third kappa shape index (κ3) is 3.17. The van der Waals surface area contributed by atoms with Gasteiger partial charge in [0.25, 0.3) is 5.91 Å². The van der Waals surface area contributed by atoms with E-state index in [9.17, 15) is 4.79 Å². The Labute approximate surface area is 151 Å². The lowest BCUT2D eigenvalue weighted by Gasteiger charge is -2.11. The molecule has 2 heterocycles. The number of rotatable bonds is 3. The molecule has 4 aromatic rings. The maximum absolute atomic E-state index is 13.0. The minimum Gasteiger partial charge on any atom is -0.322 e. The van der Waals surface area contributed by atoms with E-state index in [0.29, 0.717) is 16.9 Å². The molecular weight excluding hydrogens is 322 g/mol. The number of nitrogens with zero attached hydrogens (tertiary/aromatic N) is 2. The van der Waals surface area contributed by atoms with Crippen molar-refractivity contribution in [2.45, 2.75) is 6.92 Å². The standard InChI is InChI=1S/C22H17N3O/c1-15-9-11-18(12-10-15)24-22(26)19-14-17-8-5-13-23-21(17)25-20(19)16-6-3-2-4-7-16/h2-14H,1H3,(H,24,26). The van der Waals surface area contributed by atoms with Crippen LogP contribution in [0.25, 0.3) is 22.3 Å². The van der Waals surface area contributed by atoms with E-state index >= 15 is 0 Å². The van der Waals surface area contributed by atoms with Gasteiger partial charge in [-0.3, -0.25) is 4.79 Å². The molecule has 0 saturated heterocycles. The van der Waals surface area contributed by atoms with Crippen LogP contribution in [-0.4, -0.2) is 15.9 Å². The van der Waals surface area contributed by atoms with Gasteiger partial charge < -0.3 is 5.32 Å². The number of anilines is 1. The average molecular weight is 339 g/mol. The summed E-state index contributed by atoms with van der Waals surface area (Å²) in [4.78, 5) is 21.9. The highest BCUT2D eigenvalue weighted by atomic mass is 16.1. The number of aryl methyl sites for hydroxylation is 1. The second kappa shape index (κ2) is 6.76. The number of fused-ring (bicyclic) bond motifs is 1. The van der Waals surface area contributed by atoms with Crippen LogP contribution in [0.2, 0.25) is 0 Å². The second-order valence-corrected chi connectivity index (χ2v) is 6.12. The van der Waals surface area contributed by atoms with Crippen LogP contribution < -0.4 is 5.32 Å². The van der Waals surface area contributed by atoms with Gasteiger partial charge in [-0.15, -0.1) is 0 Å². The molecule has 0 unspecified atom stereocenters. The highest BCUT2D eigenvalue weighted by molar-refractivity contribution is 6.09. The molecule has 0 aliphatic carbocycles. The van der Waals surface area contributed by atoms with Crippen molar-refractivity contribution in [1.29, 1.82) is 0 Å². The molecule has 0 aliphatic rings. The molecule has 0 bridgehead atoms. The zero-order valence-electron chi connectivity index (χ0n) is 14.3. The van der Waals surface area contributed by atoms with Crippen LogP contribution in [0.1, 0.15) is 15.9 Å². The molecule has 0 spiro atoms. The number of amides is 1. The monoisotopic (exact) mass is 339 g/mol. The summed E-state index contributed by atoms with van der Waals surface area (Å²) in [5.74, 6) is -0.189. The average Bonchev–Trinajstić information content (AvgIpc) is 2.69. The van der Waals surface area contributed by atoms with Crippen molar-refractivity contribution < 1.29 is 4.79 Å². The van der Waals surface area contributed by atoms with Gasteiger partial charge in [-0.05, 0) is 37.3 Å². The Hall–Kier alpha value is -3.53. The van der Waals surface area contributed by atoms with Crippen LogP contribution in [0.15, 0.2) is 79.0 Å². The van der Waals surface area contributed by atoms with Crippen molar-refractivity contribution >= 4 is 22.6 Å². The van der Waals surface area contributed by atoms with Gasteiger partial charge in [0.15, 0.2) is 5.65 Å². The quantitative estimate of drug-likeness (QED) is 0.580. The fourth-order valence-electron chi connectivity index (χ4n) is 2.83. The van der Waals surface area contributed by atoms with Crippen molar-refractivity contribution in [2.24, 2.45) is 0 Å². The lowest BCUT2D eigenvalue weighted by Crippen LogP contribution is -2.14. The SMILES string of the molecule is Cc1ccc(NC(=O)c2cc3cccnc3nc2-c2ccccc2)cc1. The summed E-state index contributed by atoms with van der Waals surface area (Å²) < 4.78 is 0. The van der Waals surface area contributed by atoms with E-state index in [1.165, 1.54) is 0 Å². The first-order valence-corrected chi connectivity index (χ1v) is 8.40. The first kappa shape index (κ1) is 16.0. The highest BCUT2D eigenvalue weighted by Gasteiger charge is 2.16. The molecule has 4 heteroatoms. The Morgan fingerprint density at radius 2 is 1.69 bits per heavy atom. The molecule has 4 nitrogen and oxygen atoms in total. The van der Waals surface area contributed by atoms with Crippen molar-refractivity contribution in [1.82, 2.24) is 9.97 Å². The fourth-order valence-corrected chi connectivity index (χ4v) is 2.83. The van der Waals surface area contributed by atoms with E-state index in [2.05, 4.69) is 15.3 Å². The van der Waals surface area contributed by atoms with Crippen molar-refractivity contribution in [2.75, 3.05) is 5.32 Å². The molecule has 2 aromatic heterocycles. The van der Waals surface area contributed by atoms with E-state index in [1.807, 2.05) is 79.7 Å². The Morgan fingerprint density at radius 3 is 2.46 bits per heavy atom. The topological polar surface area (TPSA) is 54.9 Å². The first-order valence-electron chi connectivity index (χ1n) is 8.40. The summed E-state index contributed by atoms with van der Waals surface area (Å²) in [5, 5.41) is 3.80. The molecule has 4 rings (SSSR count). The Bertz CT molecular complexity index is 1070.